The van der Waals surface area contributed by atoms with Crippen molar-refractivity contribution in [2.24, 2.45) is 0 Å². The Kier molecular flexibility index (Phi) is 12.0. The molecule has 0 amide bonds. The molecule has 5 heterocycles. The highest BCUT2D eigenvalue weighted by molar-refractivity contribution is 7.26. The molecule has 8 heteroatoms. The third-order valence-electron chi connectivity index (χ3n) is 19.3. The lowest BCUT2D eigenvalue weighted by Crippen LogP contribution is -2.61. The number of hydrogen-bond acceptors (Lipinski definition) is 7. The smallest absolute Gasteiger partial charge is 0.252 e. The molecule has 18 rings (SSSR count). The van der Waals surface area contributed by atoms with E-state index in [2.05, 4.69) is 322 Å². The average Bonchev–Trinajstić information content (AvgIpc) is 0.869. The average molecular weight is 1200 g/mol. The molecule has 0 unspecified atom stereocenters. The second kappa shape index (κ2) is 20.4. The van der Waals surface area contributed by atoms with Crippen LogP contribution in [-0.2, 0) is 10.8 Å². The van der Waals surface area contributed by atoms with Crippen LogP contribution in [0.5, 0.6) is 0 Å². The Bertz CT molecular complexity index is 5540. The zero-order valence-corrected chi connectivity index (χ0v) is 52.9. The van der Waals surface area contributed by atoms with Gasteiger partial charge in [-0.2, -0.15) is 0 Å². The van der Waals surface area contributed by atoms with Gasteiger partial charge in [-0.15, -0.1) is 11.3 Å². The normalized spacial score (nSPS) is 13.0. The van der Waals surface area contributed by atoms with Gasteiger partial charge in [0, 0.05) is 98.6 Å². The first-order valence-corrected chi connectivity index (χ1v) is 32.7. The second-order valence-electron chi connectivity index (χ2n) is 26.9. The van der Waals surface area contributed by atoms with Gasteiger partial charge in [-0.05, 0) is 177 Å². The summed E-state index contributed by atoms with van der Waals surface area (Å²) in [5.41, 5.74) is 22.5. The number of hydrogen-bond donors (Lipinski definition) is 0. The van der Waals surface area contributed by atoms with Crippen molar-refractivity contribution < 1.29 is 8.83 Å². The minimum atomic E-state index is -0.190. The monoisotopic (exact) mass is 1200 g/mol. The molecule has 3 aromatic heterocycles. The summed E-state index contributed by atoms with van der Waals surface area (Å²) in [6.07, 6.45) is 0. The van der Waals surface area contributed by atoms with E-state index in [1.165, 1.54) is 64.1 Å². The quantitative estimate of drug-likeness (QED) is 0.141. The Balaban J connectivity index is 0.962. The molecule has 0 spiro atoms. The molecule has 0 atom stereocenters. The molecule has 0 bridgehead atoms. The Labute approximate surface area is 539 Å². The number of furan rings is 2. The molecule has 13 aromatic carbocycles. The van der Waals surface area contributed by atoms with Crippen LogP contribution in [-0.4, -0.2) is 6.71 Å². The van der Waals surface area contributed by atoms with E-state index in [0.29, 0.717) is 0 Å². The van der Waals surface area contributed by atoms with Gasteiger partial charge in [0.15, 0.2) is 0 Å². The predicted octanol–water partition coefficient (Wildman–Crippen LogP) is 22.6. The van der Waals surface area contributed by atoms with Gasteiger partial charge in [-0.3, -0.25) is 0 Å². The lowest BCUT2D eigenvalue weighted by molar-refractivity contribution is 0.590. The molecule has 0 fully saturated rings. The van der Waals surface area contributed by atoms with Crippen LogP contribution in [0.4, 0.5) is 68.2 Å². The van der Waals surface area contributed by atoms with E-state index in [4.69, 9.17) is 8.83 Å². The summed E-state index contributed by atoms with van der Waals surface area (Å²) in [6, 6.07) is 101. The van der Waals surface area contributed by atoms with Crippen molar-refractivity contribution in [3.8, 4) is 0 Å². The Hall–Kier alpha value is -10.8. The van der Waals surface area contributed by atoms with Crippen molar-refractivity contribution in [2.45, 2.75) is 52.4 Å². The largest absolute Gasteiger partial charge is 0.456 e. The highest BCUT2D eigenvalue weighted by atomic mass is 32.1. The summed E-state index contributed by atoms with van der Waals surface area (Å²) in [5.74, 6) is 0. The number of nitrogens with zero attached hydrogens (tertiary/aromatic N) is 4. The van der Waals surface area contributed by atoms with Crippen molar-refractivity contribution in [2.75, 3.05) is 19.6 Å². The molecule has 440 valence electrons. The number of fused-ring (bicyclic) bond motifs is 14. The molecule has 0 N–H and O–H groups in total. The summed E-state index contributed by atoms with van der Waals surface area (Å²) in [5, 5.41) is 9.17. The molecule has 0 aliphatic carbocycles. The van der Waals surface area contributed by atoms with Gasteiger partial charge in [0.05, 0.1) is 11.4 Å². The van der Waals surface area contributed by atoms with Gasteiger partial charge in [-0.1, -0.05) is 187 Å². The molecular weight excluding hydrogens is 1140 g/mol. The van der Waals surface area contributed by atoms with E-state index in [-0.39, 0.29) is 17.5 Å². The second-order valence-corrected chi connectivity index (χ2v) is 28.0. The number of anilines is 12. The molecule has 16 aromatic rings. The van der Waals surface area contributed by atoms with Crippen LogP contribution in [0.15, 0.2) is 282 Å². The summed E-state index contributed by atoms with van der Waals surface area (Å²) in [7, 11) is 0. The lowest BCUT2D eigenvalue weighted by atomic mass is 9.33. The van der Waals surface area contributed by atoms with E-state index in [0.717, 1.165) is 106 Å². The van der Waals surface area contributed by atoms with Crippen LogP contribution in [0.1, 0.15) is 52.7 Å². The maximum atomic E-state index is 6.52. The third-order valence-corrected chi connectivity index (χ3v) is 20.4. The number of para-hydroxylation sites is 3. The molecule has 2 aliphatic rings. The number of benzene rings is 13. The van der Waals surface area contributed by atoms with Crippen molar-refractivity contribution >= 4 is 178 Å². The minimum Gasteiger partial charge on any atom is -0.456 e. The maximum absolute atomic E-state index is 6.52. The van der Waals surface area contributed by atoms with Crippen LogP contribution in [0, 0.1) is 0 Å². The topological polar surface area (TPSA) is 39.2 Å². The molecule has 2 aliphatic heterocycles. The molecule has 0 saturated heterocycles. The van der Waals surface area contributed by atoms with E-state index in [9.17, 15) is 0 Å². The first-order valence-electron chi connectivity index (χ1n) is 31.9. The summed E-state index contributed by atoms with van der Waals surface area (Å²) in [4.78, 5) is 10.1. The Morgan fingerprint density at radius 3 is 1.42 bits per heavy atom. The fourth-order valence-corrected chi connectivity index (χ4v) is 15.9. The molecule has 0 radical (unpaired) electrons. The Morgan fingerprint density at radius 1 is 0.326 bits per heavy atom. The molecule has 92 heavy (non-hydrogen) atoms. The van der Waals surface area contributed by atoms with Crippen LogP contribution in [0.25, 0.3) is 74.8 Å². The first-order chi connectivity index (χ1) is 44.9. The zero-order valence-electron chi connectivity index (χ0n) is 52.1. The van der Waals surface area contributed by atoms with Gasteiger partial charge >= 0.3 is 0 Å². The SMILES string of the molecule is CC(C)(C)c1ccc(N2c3cc(N(c4ccc5oc6ccccc6c5c4)c4ccc5oc6ccccc6c5c4)ccc3B3c4cc5c(cc4N(c4ccc(C(C)(C)C)cc4)c4cc(N(c6ccccc6)c6cccc7ccccc67)cc2c43)sc2ccccc25)cc1. The molecule has 0 saturated carbocycles. The highest BCUT2D eigenvalue weighted by Crippen LogP contribution is 2.52. The van der Waals surface area contributed by atoms with E-state index in [1.807, 2.05) is 23.5 Å². The summed E-state index contributed by atoms with van der Waals surface area (Å²) >= 11 is 1.88. The lowest BCUT2D eigenvalue weighted by Gasteiger charge is -2.45. The zero-order chi connectivity index (χ0) is 61.7. The van der Waals surface area contributed by atoms with Gasteiger partial charge in [0.1, 0.15) is 22.3 Å². The third kappa shape index (κ3) is 8.54. The van der Waals surface area contributed by atoms with Crippen LogP contribution >= 0.6 is 11.3 Å². The summed E-state index contributed by atoms with van der Waals surface area (Å²) in [6.45, 7) is 13.6. The standard InChI is InChI=1S/C84H63BN4O2S/c1-83(2,3)53-31-35-56(36-32-53)88-72-47-60(86(58-40-43-78-66(45-58)63-24-12-15-28-76(63)90-78)59-41-44-79-67(46-59)64-25-13-16-29-77(64)91-79)39-42-69(72)85-70-50-68-65-26-14-17-30-80(65)92-81(68)51-73(70)89(57-37-33-54(34-38-57)84(4,5)6)75-49-61(48-74(88)82(75)85)87(55-21-8-7-9-22-55)71-27-18-20-52-19-10-11-23-62(52)71/h7-51H,1-6H3. The van der Waals surface area contributed by atoms with E-state index >= 15 is 0 Å². The molecular formula is C84H63BN4O2S. The Morgan fingerprint density at radius 2 is 0.815 bits per heavy atom. The van der Waals surface area contributed by atoms with Gasteiger partial charge in [-0.25, -0.2) is 0 Å². The van der Waals surface area contributed by atoms with Gasteiger partial charge in [0.25, 0.3) is 6.71 Å². The number of rotatable bonds is 8. The first kappa shape index (κ1) is 54.2. The van der Waals surface area contributed by atoms with Crippen LogP contribution in [0.3, 0.4) is 0 Å². The molecule has 6 nitrogen and oxygen atoms in total. The number of thiophene rings is 1. The van der Waals surface area contributed by atoms with Crippen molar-refractivity contribution in [1.29, 1.82) is 0 Å². The van der Waals surface area contributed by atoms with E-state index < -0.39 is 0 Å². The fraction of sp³-hybridized carbons (Fsp3) is 0.0952. The minimum absolute atomic E-state index is 0.0393. The van der Waals surface area contributed by atoms with Gasteiger partial charge in [0.2, 0.25) is 0 Å². The van der Waals surface area contributed by atoms with Gasteiger partial charge < -0.3 is 28.4 Å². The maximum Gasteiger partial charge on any atom is 0.252 e. The van der Waals surface area contributed by atoms with Crippen molar-refractivity contribution in [3.63, 3.8) is 0 Å². The predicted molar refractivity (Wildman–Crippen MR) is 392 cm³/mol. The summed E-state index contributed by atoms with van der Waals surface area (Å²) < 4.78 is 15.6. The van der Waals surface area contributed by atoms with Crippen molar-refractivity contribution in [3.05, 3.63) is 284 Å². The van der Waals surface area contributed by atoms with Crippen LogP contribution < -0.4 is 36.0 Å². The van der Waals surface area contributed by atoms with E-state index in [1.54, 1.807) is 0 Å². The fourth-order valence-electron chi connectivity index (χ4n) is 14.8. The van der Waals surface area contributed by atoms with Crippen LogP contribution in [0.2, 0.25) is 0 Å². The highest BCUT2D eigenvalue weighted by Gasteiger charge is 2.45. The van der Waals surface area contributed by atoms with Crippen molar-refractivity contribution in [1.82, 2.24) is 0 Å².